The van der Waals surface area contributed by atoms with E-state index in [1.165, 1.54) is 0 Å². The Kier molecular flexibility index (Phi) is 6.50. The largest absolute Gasteiger partial charge is 0.326 e. The monoisotopic (exact) mass is 346 g/mol. The van der Waals surface area contributed by atoms with E-state index in [0.717, 1.165) is 22.2 Å². The summed E-state index contributed by atoms with van der Waals surface area (Å²) in [5.41, 5.74) is 0.874. The van der Waals surface area contributed by atoms with Crippen LogP contribution in [0.2, 0.25) is 0 Å². The van der Waals surface area contributed by atoms with Crippen LogP contribution in [0.15, 0.2) is 24.3 Å². The van der Waals surface area contributed by atoms with Crippen LogP contribution < -0.4 is 10.6 Å². The SMILES string of the molecule is CC(C)NCCCC(=O)Nc1cccc(I)c1. The minimum Gasteiger partial charge on any atom is -0.326 e. The summed E-state index contributed by atoms with van der Waals surface area (Å²) in [6.45, 7) is 5.09. The van der Waals surface area contributed by atoms with Crippen LogP contribution in [0.5, 0.6) is 0 Å². The number of carbonyl (C=O) groups excluding carboxylic acids is 1. The zero-order valence-electron chi connectivity index (χ0n) is 10.3. The normalized spacial score (nSPS) is 10.6. The standard InChI is InChI=1S/C13H19IN2O/c1-10(2)15-8-4-7-13(17)16-12-6-3-5-11(14)9-12/h3,5-6,9-10,15H,4,7-8H2,1-2H3,(H,16,17). The van der Waals surface area contributed by atoms with E-state index in [1.54, 1.807) is 0 Å². The van der Waals surface area contributed by atoms with Gasteiger partial charge >= 0.3 is 0 Å². The van der Waals surface area contributed by atoms with E-state index < -0.39 is 0 Å². The van der Waals surface area contributed by atoms with Gasteiger partial charge in [-0.15, -0.1) is 0 Å². The van der Waals surface area contributed by atoms with Gasteiger partial charge < -0.3 is 10.6 Å². The molecule has 4 heteroatoms. The quantitative estimate of drug-likeness (QED) is 0.614. The molecule has 0 spiro atoms. The second-order valence-electron chi connectivity index (χ2n) is 4.27. The zero-order valence-corrected chi connectivity index (χ0v) is 12.5. The highest BCUT2D eigenvalue weighted by molar-refractivity contribution is 14.1. The molecule has 3 nitrogen and oxygen atoms in total. The van der Waals surface area contributed by atoms with Gasteiger partial charge in [0.1, 0.15) is 0 Å². The summed E-state index contributed by atoms with van der Waals surface area (Å²) >= 11 is 2.23. The molecule has 0 heterocycles. The van der Waals surface area contributed by atoms with Crippen molar-refractivity contribution in [2.24, 2.45) is 0 Å². The maximum Gasteiger partial charge on any atom is 0.224 e. The van der Waals surface area contributed by atoms with Crippen LogP contribution in [0.3, 0.4) is 0 Å². The van der Waals surface area contributed by atoms with Crippen LogP contribution in [0.25, 0.3) is 0 Å². The smallest absolute Gasteiger partial charge is 0.224 e. The number of amides is 1. The summed E-state index contributed by atoms with van der Waals surface area (Å²) in [7, 11) is 0. The van der Waals surface area contributed by atoms with Crippen molar-refractivity contribution in [2.75, 3.05) is 11.9 Å². The van der Waals surface area contributed by atoms with Crippen molar-refractivity contribution in [3.8, 4) is 0 Å². The molecule has 0 aliphatic carbocycles. The molecule has 1 amide bonds. The van der Waals surface area contributed by atoms with Crippen molar-refractivity contribution in [3.63, 3.8) is 0 Å². The highest BCUT2D eigenvalue weighted by Crippen LogP contribution is 2.12. The van der Waals surface area contributed by atoms with Crippen molar-refractivity contribution in [3.05, 3.63) is 27.8 Å². The maximum atomic E-state index is 11.6. The number of hydrogen-bond acceptors (Lipinski definition) is 2. The minimum atomic E-state index is 0.0811. The molecule has 0 fully saturated rings. The van der Waals surface area contributed by atoms with Gasteiger partial charge in [-0.2, -0.15) is 0 Å². The van der Waals surface area contributed by atoms with E-state index in [9.17, 15) is 4.79 Å². The second-order valence-corrected chi connectivity index (χ2v) is 5.52. The lowest BCUT2D eigenvalue weighted by Gasteiger charge is -2.08. The summed E-state index contributed by atoms with van der Waals surface area (Å²) < 4.78 is 1.13. The Morgan fingerprint density at radius 1 is 1.41 bits per heavy atom. The Morgan fingerprint density at radius 2 is 2.18 bits per heavy atom. The van der Waals surface area contributed by atoms with Crippen LogP contribution in [-0.2, 0) is 4.79 Å². The molecular formula is C13H19IN2O. The molecule has 0 bridgehead atoms. The Morgan fingerprint density at radius 3 is 2.82 bits per heavy atom. The number of benzene rings is 1. The van der Waals surface area contributed by atoms with E-state index in [1.807, 2.05) is 24.3 Å². The summed E-state index contributed by atoms with van der Waals surface area (Å²) in [5, 5.41) is 6.19. The summed E-state index contributed by atoms with van der Waals surface area (Å²) in [4.78, 5) is 11.6. The fourth-order valence-corrected chi connectivity index (χ4v) is 1.97. The molecule has 1 aromatic rings. The highest BCUT2D eigenvalue weighted by atomic mass is 127. The third-order valence-electron chi connectivity index (χ3n) is 2.24. The third kappa shape index (κ3) is 6.63. The average molecular weight is 346 g/mol. The van der Waals surface area contributed by atoms with Crippen LogP contribution in [0.1, 0.15) is 26.7 Å². The first-order chi connectivity index (χ1) is 8.08. The molecule has 0 atom stereocenters. The van der Waals surface area contributed by atoms with Gasteiger partial charge in [0.2, 0.25) is 5.91 Å². The van der Waals surface area contributed by atoms with Crippen molar-refractivity contribution in [1.82, 2.24) is 5.32 Å². The van der Waals surface area contributed by atoms with E-state index in [2.05, 4.69) is 47.1 Å². The molecule has 1 rings (SSSR count). The van der Waals surface area contributed by atoms with E-state index in [-0.39, 0.29) is 5.91 Å². The fraction of sp³-hybridized carbons (Fsp3) is 0.462. The molecule has 0 aliphatic rings. The van der Waals surface area contributed by atoms with E-state index in [4.69, 9.17) is 0 Å². The Labute approximate surface area is 117 Å². The van der Waals surface area contributed by atoms with Crippen molar-refractivity contribution in [2.45, 2.75) is 32.7 Å². The number of nitrogens with one attached hydrogen (secondary N) is 2. The van der Waals surface area contributed by atoms with Crippen LogP contribution in [0.4, 0.5) is 5.69 Å². The Hall–Kier alpha value is -0.620. The first-order valence-corrected chi connectivity index (χ1v) is 6.94. The Balaban J connectivity index is 2.25. The number of carbonyl (C=O) groups is 1. The molecule has 1 aromatic carbocycles. The molecule has 0 unspecified atom stereocenters. The van der Waals surface area contributed by atoms with Gasteiger partial charge in [-0.1, -0.05) is 19.9 Å². The van der Waals surface area contributed by atoms with Gasteiger partial charge in [-0.3, -0.25) is 4.79 Å². The molecule has 2 N–H and O–H groups in total. The summed E-state index contributed by atoms with van der Waals surface area (Å²) in [6, 6.07) is 8.30. The lowest BCUT2D eigenvalue weighted by molar-refractivity contribution is -0.116. The molecule has 17 heavy (non-hydrogen) atoms. The zero-order chi connectivity index (χ0) is 12.7. The van der Waals surface area contributed by atoms with Gasteiger partial charge in [-0.25, -0.2) is 0 Å². The van der Waals surface area contributed by atoms with Crippen molar-refractivity contribution < 1.29 is 4.79 Å². The molecule has 94 valence electrons. The lowest BCUT2D eigenvalue weighted by Crippen LogP contribution is -2.24. The number of anilines is 1. The first-order valence-electron chi connectivity index (χ1n) is 5.86. The predicted octanol–water partition coefficient (Wildman–Crippen LogP) is 3.01. The van der Waals surface area contributed by atoms with Crippen molar-refractivity contribution >= 4 is 34.2 Å². The molecule has 0 aliphatic heterocycles. The van der Waals surface area contributed by atoms with Crippen LogP contribution >= 0.6 is 22.6 Å². The molecule has 0 aromatic heterocycles. The van der Waals surface area contributed by atoms with E-state index >= 15 is 0 Å². The molecule has 0 saturated carbocycles. The van der Waals surface area contributed by atoms with E-state index in [0.29, 0.717) is 12.5 Å². The van der Waals surface area contributed by atoms with Gasteiger partial charge in [0.05, 0.1) is 0 Å². The number of halogens is 1. The molecular weight excluding hydrogens is 327 g/mol. The topological polar surface area (TPSA) is 41.1 Å². The number of hydrogen-bond donors (Lipinski definition) is 2. The average Bonchev–Trinajstić information content (AvgIpc) is 2.24. The van der Waals surface area contributed by atoms with Crippen molar-refractivity contribution in [1.29, 1.82) is 0 Å². The molecule has 0 saturated heterocycles. The predicted molar refractivity (Wildman–Crippen MR) is 80.2 cm³/mol. The van der Waals surface area contributed by atoms with Gasteiger partial charge in [0.25, 0.3) is 0 Å². The minimum absolute atomic E-state index is 0.0811. The van der Waals surface area contributed by atoms with Crippen LogP contribution in [0, 0.1) is 3.57 Å². The lowest BCUT2D eigenvalue weighted by atomic mass is 10.2. The summed E-state index contributed by atoms with van der Waals surface area (Å²) in [5.74, 6) is 0.0811. The van der Waals surface area contributed by atoms with Gasteiger partial charge in [-0.05, 0) is 53.8 Å². The first kappa shape index (κ1) is 14.4. The Bertz CT molecular complexity index is 366. The van der Waals surface area contributed by atoms with Gasteiger partial charge in [0, 0.05) is 21.7 Å². The summed E-state index contributed by atoms with van der Waals surface area (Å²) in [6.07, 6.45) is 1.43. The second kappa shape index (κ2) is 7.66. The van der Waals surface area contributed by atoms with Crippen LogP contribution in [-0.4, -0.2) is 18.5 Å². The number of rotatable bonds is 6. The highest BCUT2D eigenvalue weighted by Gasteiger charge is 2.02. The fourth-order valence-electron chi connectivity index (χ4n) is 1.43. The maximum absolute atomic E-state index is 11.6. The van der Waals surface area contributed by atoms with Gasteiger partial charge in [0.15, 0.2) is 0 Å². The third-order valence-corrected chi connectivity index (χ3v) is 2.91. The molecule has 0 radical (unpaired) electrons.